The molecule has 0 spiro atoms. The van der Waals surface area contributed by atoms with E-state index in [1.54, 1.807) is 18.5 Å². The maximum atomic E-state index is 11.2. The second kappa shape index (κ2) is 8.13. The van der Waals surface area contributed by atoms with Gasteiger partial charge in [0.25, 0.3) is 5.69 Å². The summed E-state index contributed by atoms with van der Waals surface area (Å²) in [5.74, 6) is 2.83. The van der Waals surface area contributed by atoms with Crippen molar-refractivity contribution in [3.8, 4) is 0 Å². The number of nitrogens with zero attached hydrogens (tertiary/aromatic N) is 6. The minimum atomic E-state index is -0.397. The van der Waals surface area contributed by atoms with E-state index in [0.29, 0.717) is 28.9 Å². The lowest BCUT2D eigenvalue weighted by Gasteiger charge is -2.41. The Hall–Kier alpha value is -3.23. The maximum absolute atomic E-state index is 11.2. The van der Waals surface area contributed by atoms with Gasteiger partial charge in [-0.15, -0.1) is 0 Å². The monoisotopic (exact) mass is 421 g/mol. The number of benzene rings is 1. The Kier molecular flexibility index (Phi) is 5.17. The molecule has 2 unspecified atom stereocenters. The first-order valence-electron chi connectivity index (χ1n) is 11.1. The smallest absolute Gasteiger partial charge is 0.271 e. The molecule has 2 atom stereocenters. The fourth-order valence-corrected chi connectivity index (χ4v) is 5.01. The largest absolute Gasteiger partial charge is 0.340 e. The molecule has 9 nitrogen and oxygen atoms in total. The molecule has 0 amide bonds. The van der Waals surface area contributed by atoms with Gasteiger partial charge in [-0.05, 0) is 37.7 Å². The van der Waals surface area contributed by atoms with Crippen LogP contribution >= 0.6 is 0 Å². The number of aromatic nitrogens is 4. The summed E-state index contributed by atoms with van der Waals surface area (Å²) in [7, 11) is 0. The van der Waals surface area contributed by atoms with Crippen molar-refractivity contribution in [2.75, 3.05) is 23.3 Å². The first-order valence-corrected chi connectivity index (χ1v) is 11.1. The number of piperidine rings is 1. The summed E-state index contributed by atoms with van der Waals surface area (Å²) in [5, 5.41) is 14.4. The summed E-state index contributed by atoms with van der Waals surface area (Å²) < 4.78 is 2.01. The van der Waals surface area contributed by atoms with Crippen LogP contribution in [-0.4, -0.2) is 37.5 Å². The Bertz CT molecular complexity index is 1110. The van der Waals surface area contributed by atoms with Gasteiger partial charge in [-0.3, -0.25) is 10.1 Å². The lowest BCUT2D eigenvalue weighted by Crippen LogP contribution is -2.42. The van der Waals surface area contributed by atoms with E-state index in [2.05, 4.69) is 22.1 Å². The molecule has 2 aromatic heterocycles. The Labute approximate surface area is 180 Å². The second-order valence-corrected chi connectivity index (χ2v) is 8.55. The average molecular weight is 422 g/mol. The molecule has 9 heteroatoms. The first kappa shape index (κ1) is 19.7. The van der Waals surface area contributed by atoms with Gasteiger partial charge < -0.3 is 14.8 Å². The van der Waals surface area contributed by atoms with E-state index in [1.807, 2.05) is 4.57 Å². The van der Waals surface area contributed by atoms with E-state index in [-0.39, 0.29) is 5.69 Å². The predicted octanol–water partition coefficient (Wildman–Crippen LogP) is 4.51. The first-order chi connectivity index (χ1) is 15.1. The summed E-state index contributed by atoms with van der Waals surface area (Å²) in [5.41, 5.74) is 2.10. The number of hydrogen-bond donors (Lipinski definition) is 1. The number of non-ortho nitro benzene ring substituents is 1. The molecule has 0 bridgehead atoms. The van der Waals surface area contributed by atoms with Gasteiger partial charge in [-0.25, -0.2) is 4.98 Å². The number of hydrogen-bond acceptors (Lipinski definition) is 7. The topological polar surface area (TPSA) is 102 Å². The van der Waals surface area contributed by atoms with Crippen molar-refractivity contribution in [2.24, 2.45) is 11.8 Å². The number of nitro groups is 1. The van der Waals surface area contributed by atoms with Gasteiger partial charge >= 0.3 is 0 Å². The molecule has 162 valence electrons. The van der Waals surface area contributed by atoms with Gasteiger partial charge in [-0.2, -0.15) is 9.97 Å². The van der Waals surface area contributed by atoms with Crippen LogP contribution in [0.2, 0.25) is 0 Å². The Balaban J connectivity index is 1.51. The minimum Gasteiger partial charge on any atom is -0.340 e. The highest BCUT2D eigenvalue weighted by molar-refractivity contribution is 5.86. The van der Waals surface area contributed by atoms with Crippen molar-refractivity contribution in [3.05, 3.63) is 40.7 Å². The van der Waals surface area contributed by atoms with Crippen LogP contribution in [0.4, 0.5) is 23.1 Å². The molecule has 1 saturated heterocycles. The van der Waals surface area contributed by atoms with Crippen molar-refractivity contribution in [2.45, 2.75) is 45.6 Å². The Morgan fingerprint density at radius 3 is 2.84 bits per heavy atom. The Morgan fingerprint density at radius 2 is 2.03 bits per heavy atom. The van der Waals surface area contributed by atoms with E-state index in [4.69, 9.17) is 9.97 Å². The molecule has 31 heavy (non-hydrogen) atoms. The maximum Gasteiger partial charge on any atom is 0.271 e. The highest BCUT2D eigenvalue weighted by atomic mass is 16.6. The molecule has 3 heterocycles. The number of aryl methyl sites for hydroxylation is 1. The van der Waals surface area contributed by atoms with Gasteiger partial charge in [0.05, 0.1) is 11.3 Å². The predicted molar refractivity (Wildman–Crippen MR) is 120 cm³/mol. The molecular weight excluding hydrogens is 394 g/mol. The highest BCUT2D eigenvalue weighted by Gasteiger charge is 2.32. The number of nitrogens with one attached hydrogen (secondary N) is 1. The SMILES string of the molecule is CCn1cnc2c(Nc3cccc([N+](=O)[O-])c3)nc(N3CCC4CCCCC4C3)nc21. The zero-order valence-electron chi connectivity index (χ0n) is 17.7. The van der Waals surface area contributed by atoms with E-state index >= 15 is 0 Å². The molecule has 1 aliphatic heterocycles. The number of anilines is 3. The summed E-state index contributed by atoms with van der Waals surface area (Å²) in [6.07, 6.45) is 8.27. The molecule has 0 radical (unpaired) electrons. The number of nitro benzene ring substituents is 1. The zero-order chi connectivity index (χ0) is 21.4. The van der Waals surface area contributed by atoms with Crippen LogP contribution in [-0.2, 0) is 6.54 Å². The van der Waals surface area contributed by atoms with Crippen molar-refractivity contribution in [1.82, 2.24) is 19.5 Å². The summed E-state index contributed by atoms with van der Waals surface area (Å²) >= 11 is 0. The minimum absolute atomic E-state index is 0.0361. The third-order valence-electron chi connectivity index (χ3n) is 6.69. The molecule has 1 saturated carbocycles. The van der Waals surface area contributed by atoms with Gasteiger partial charge in [0.15, 0.2) is 17.0 Å². The van der Waals surface area contributed by atoms with E-state index < -0.39 is 4.92 Å². The average Bonchev–Trinajstić information content (AvgIpc) is 3.22. The van der Waals surface area contributed by atoms with Crippen molar-refractivity contribution in [3.63, 3.8) is 0 Å². The van der Waals surface area contributed by atoms with Gasteiger partial charge in [0, 0.05) is 37.5 Å². The second-order valence-electron chi connectivity index (χ2n) is 8.55. The molecular formula is C22H27N7O2. The number of fused-ring (bicyclic) bond motifs is 2. The third-order valence-corrected chi connectivity index (χ3v) is 6.69. The lowest BCUT2D eigenvalue weighted by atomic mass is 9.75. The van der Waals surface area contributed by atoms with Crippen LogP contribution in [0.15, 0.2) is 30.6 Å². The fourth-order valence-electron chi connectivity index (χ4n) is 5.01. The van der Waals surface area contributed by atoms with Crippen LogP contribution in [0.25, 0.3) is 11.2 Å². The van der Waals surface area contributed by atoms with E-state index in [1.165, 1.54) is 44.2 Å². The van der Waals surface area contributed by atoms with E-state index in [0.717, 1.165) is 31.2 Å². The number of rotatable bonds is 5. The number of imidazole rings is 1. The quantitative estimate of drug-likeness (QED) is 0.477. The molecule has 1 N–H and O–H groups in total. The van der Waals surface area contributed by atoms with Gasteiger partial charge in [-0.1, -0.05) is 25.3 Å². The lowest BCUT2D eigenvalue weighted by molar-refractivity contribution is -0.384. The molecule has 5 rings (SSSR count). The molecule has 3 aromatic rings. The van der Waals surface area contributed by atoms with Crippen LogP contribution in [0.1, 0.15) is 39.0 Å². The zero-order valence-corrected chi connectivity index (χ0v) is 17.7. The fraction of sp³-hybridized carbons (Fsp3) is 0.500. The summed E-state index contributed by atoms with van der Waals surface area (Å²) in [6.45, 7) is 4.77. The molecule has 1 aliphatic carbocycles. The molecule has 1 aromatic carbocycles. The summed E-state index contributed by atoms with van der Waals surface area (Å²) in [6, 6.07) is 6.45. The Morgan fingerprint density at radius 1 is 1.19 bits per heavy atom. The summed E-state index contributed by atoms with van der Waals surface area (Å²) in [4.78, 5) is 27.3. The van der Waals surface area contributed by atoms with Crippen LogP contribution in [0, 0.1) is 22.0 Å². The van der Waals surface area contributed by atoms with E-state index in [9.17, 15) is 10.1 Å². The standard InChI is InChI=1S/C22H27N7O2/c1-2-27-14-23-19-20(24-17-8-5-9-18(12-17)29(30)31)25-22(26-21(19)27)28-11-10-15-6-3-4-7-16(15)13-28/h5,8-9,12,14-16H,2-4,6-7,10-11,13H2,1H3,(H,24,25,26). The van der Waals surface area contributed by atoms with Crippen LogP contribution < -0.4 is 10.2 Å². The van der Waals surface area contributed by atoms with Crippen LogP contribution in [0.5, 0.6) is 0 Å². The third kappa shape index (κ3) is 3.80. The molecule has 2 fully saturated rings. The van der Waals surface area contributed by atoms with Crippen molar-refractivity contribution < 1.29 is 4.92 Å². The highest BCUT2D eigenvalue weighted by Crippen LogP contribution is 2.37. The van der Waals surface area contributed by atoms with Gasteiger partial charge in [0.1, 0.15) is 0 Å². The van der Waals surface area contributed by atoms with Crippen molar-refractivity contribution >= 4 is 34.3 Å². The van der Waals surface area contributed by atoms with Crippen molar-refractivity contribution in [1.29, 1.82) is 0 Å². The van der Waals surface area contributed by atoms with Crippen LogP contribution in [0.3, 0.4) is 0 Å². The molecule has 2 aliphatic rings. The van der Waals surface area contributed by atoms with Gasteiger partial charge in [0.2, 0.25) is 5.95 Å². The normalized spacial score (nSPS) is 21.1.